The van der Waals surface area contributed by atoms with Gasteiger partial charge in [0.2, 0.25) is 0 Å². The molecule has 1 N–H and O–H groups in total. The van der Waals surface area contributed by atoms with Gasteiger partial charge in [0.1, 0.15) is 16.5 Å². The van der Waals surface area contributed by atoms with Gasteiger partial charge in [-0.15, -0.1) is 0 Å². The van der Waals surface area contributed by atoms with Crippen LogP contribution in [0.15, 0.2) is 41.2 Å². The summed E-state index contributed by atoms with van der Waals surface area (Å²) in [6.07, 6.45) is 3.66. The Morgan fingerprint density at radius 3 is 2.60 bits per heavy atom. The minimum Gasteiger partial charge on any atom is -0.482 e. The molecule has 0 saturated heterocycles. The summed E-state index contributed by atoms with van der Waals surface area (Å²) in [6, 6.07) is 9.66. The second-order valence-corrected chi connectivity index (χ2v) is 5.67. The number of H-pyrrole nitrogens is 1. The number of fused-ring (bicyclic) bond motifs is 1. The zero-order chi connectivity index (χ0) is 14.3. The van der Waals surface area contributed by atoms with E-state index in [1.807, 2.05) is 50.3 Å². The van der Waals surface area contributed by atoms with E-state index in [0.29, 0.717) is 16.5 Å². The fourth-order valence-electron chi connectivity index (χ4n) is 2.27. The molecule has 1 aliphatic rings. The Morgan fingerprint density at radius 1 is 1.20 bits per heavy atom. The molecule has 1 aromatic carbocycles. The summed E-state index contributed by atoms with van der Waals surface area (Å²) in [4.78, 5) is 14.7. The van der Waals surface area contributed by atoms with E-state index in [-0.39, 0.29) is 5.56 Å². The quantitative estimate of drug-likeness (QED) is 0.809. The highest BCUT2D eigenvalue weighted by molar-refractivity contribution is 6.32. The largest absolute Gasteiger partial charge is 0.482 e. The van der Waals surface area contributed by atoms with Gasteiger partial charge in [-0.05, 0) is 31.6 Å². The predicted molar refractivity (Wildman–Crippen MR) is 81.2 cm³/mol. The van der Waals surface area contributed by atoms with Crippen LogP contribution in [0.3, 0.4) is 0 Å². The van der Waals surface area contributed by atoms with E-state index in [1.54, 1.807) is 6.08 Å². The van der Waals surface area contributed by atoms with Crippen LogP contribution in [0.4, 0.5) is 0 Å². The Kier molecular flexibility index (Phi) is 2.94. The van der Waals surface area contributed by atoms with Gasteiger partial charge < -0.3 is 9.72 Å². The molecule has 0 radical (unpaired) electrons. The molecule has 1 aliphatic heterocycles. The van der Waals surface area contributed by atoms with Crippen LogP contribution in [0.1, 0.15) is 19.4 Å². The number of pyridine rings is 1. The molecule has 3 nitrogen and oxygen atoms in total. The molecule has 0 spiro atoms. The highest BCUT2D eigenvalue weighted by atomic mass is 35.5. The maximum absolute atomic E-state index is 12.0. The summed E-state index contributed by atoms with van der Waals surface area (Å²) >= 11 is 6.23. The van der Waals surface area contributed by atoms with Crippen LogP contribution < -0.4 is 10.3 Å². The first-order valence-electron chi connectivity index (χ1n) is 6.37. The highest BCUT2D eigenvalue weighted by Crippen LogP contribution is 2.40. The second kappa shape index (κ2) is 4.53. The predicted octanol–water partition coefficient (Wildman–Crippen LogP) is 3.88. The summed E-state index contributed by atoms with van der Waals surface area (Å²) in [5.41, 5.74) is 1.44. The van der Waals surface area contributed by atoms with Gasteiger partial charge in [0, 0.05) is 0 Å². The summed E-state index contributed by atoms with van der Waals surface area (Å²) in [6.45, 7) is 3.88. The van der Waals surface area contributed by atoms with E-state index >= 15 is 0 Å². The molecular formula is C16H14ClNO2. The molecule has 0 fully saturated rings. The SMILES string of the molecule is CC1(C)C=Cc2c(c(-c3ccccc3)c(Cl)[nH]c2=O)O1. The molecule has 2 heterocycles. The van der Waals surface area contributed by atoms with Crippen LogP contribution in [0.5, 0.6) is 5.75 Å². The smallest absolute Gasteiger partial charge is 0.260 e. The van der Waals surface area contributed by atoms with Gasteiger partial charge in [0.25, 0.3) is 5.56 Å². The number of hydrogen-bond donors (Lipinski definition) is 1. The normalized spacial score (nSPS) is 15.6. The molecule has 0 bridgehead atoms. The lowest BCUT2D eigenvalue weighted by Gasteiger charge is -2.29. The molecule has 2 aromatic rings. The minimum atomic E-state index is -0.465. The van der Waals surface area contributed by atoms with Crippen molar-refractivity contribution in [2.75, 3.05) is 0 Å². The molecule has 0 atom stereocenters. The number of aromatic amines is 1. The van der Waals surface area contributed by atoms with Crippen molar-refractivity contribution in [3.05, 3.63) is 57.5 Å². The first-order chi connectivity index (χ1) is 9.48. The number of hydrogen-bond acceptors (Lipinski definition) is 2. The third-order valence-electron chi connectivity index (χ3n) is 3.24. The lowest BCUT2D eigenvalue weighted by atomic mass is 9.98. The van der Waals surface area contributed by atoms with Crippen molar-refractivity contribution in [1.29, 1.82) is 0 Å². The van der Waals surface area contributed by atoms with Crippen LogP contribution in [0, 0.1) is 0 Å². The fraction of sp³-hybridized carbons (Fsp3) is 0.188. The van der Waals surface area contributed by atoms with Crippen LogP contribution >= 0.6 is 11.6 Å². The first kappa shape index (κ1) is 13.0. The van der Waals surface area contributed by atoms with Gasteiger partial charge in [-0.25, -0.2) is 0 Å². The number of nitrogens with one attached hydrogen (secondary N) is 1. The summed E-state index contributed by atoms with van der Waals surface area (Å²) < 4.78 is 5.98. The van der Waals surface area contributed by atoms with Gasteiger partial charge in [0.05, 0.1) is 11.1 Å². The number of halogens is 1. The van der Waals surface area contributed by atoms with Crippen molar-refractivity contribution in [2.24, 2.45) is 0 Å². The topological polar surface area (TPSA) is 42.1 Å². The van der Waals surface area contributed by atoms with Crippen molar-refractivity contribution in [3.8, 4) is 16.9 Å². The minimum absolute atomic E-state index is 0.239. The van der Waals surface area contributed by atoms with E-state index in [0.717, 1.165) is 11.1 Å². The lowest BCUT2D eigenvalue weighted by molar-refractivity contribution is 0.159. The second-order valence-electron chi connectivity index (χ2n) is 5.29. The van der Waals surface area contributed by atoms with E-state index in [9.17, 15) is 4.79 Å². The molecule has 102 valence electrons. The number of rotatable bonds is 1. The fourth-order valence-corrected chi connectivity index (χ4v) is 2.55. The van der Waals surface area contributed by atoms with E-state index in [1.165, 1.54) is 0 Å². The summed E-state index contributed by atoms with van der Waals surface area (Å²) in [5.74, 6) is 0.539. The molecular weight excluding hydrogens is 274 g/mol. The Morgan fingerprint density at radius 2 is 1.90 bits per heavy atom. The van der Waals surface area contributed by atoms with Crippen LogP contribution in [-0.2, 0) is 0 Å². The molecule has 0 amide bonds. The number of ether oxygens (including phenoxy) is 1. The summed E-state index contributed by atoms with van der Waals surface area (Å²) in [7, 11) is 0. The van der Waals surface area contributed by atoms with Gasteiger partial charge >= 0.3 is 0 Å². The highest BCUT2D eigenvalue weighted by Gasteiger charge is 2.27. The average molecular weight is 288 g/mol. The van der Waals surface area contributed by atoms with Crippen LogP contribution in [-0.4, -0.2) is 10.6 Å². The number of benzene rings is 1. The number of aromatic nitrogens is 1. The van der Waals surface area contributed by atoms with Crippen molar-refractivity contribution < 1.29 is 4.74 Å². The molecule has 20 heavy (non-hydrogen) atoms. The molecule has 3 rings (SSSR count). The van der Waals surface area contributed by atoms with Crippen molar-refractivity contribution in [1.82, 2.24) is 4.98 Å². The maximum atomic E-state index is 12.0. The zero-order valence-corrected chi connectivity index (χ0v) is 12.0. The van der Waals surface area contributed by atoms with Crippen molar-refractivity contribution in [2.45, 2.75) is 19.4 Å². The average Bonchev–Trinajstić information content (AvgIpc) is 2.38. The zero-order valence-electron chi connectivity index (χ0n) is 11.2. The Balaban J connectivity index is 2.32. The Hall–Kier alpha value is -2.00. The molecule has 1 aromatic heterocycles. The van der Waals surface area contributed by atoms with Crippen LogP contribution in [0.25, 0.3) is 17.2 Å². The van der Waals surface area contributed by atoms with Gasteiger partial charge in [-0.1, -0.05) is 41.9 Å². The van der Waals surface area contributed by atoms with E-state index < -0.39 is 5.60 Å². The molecule has 0 aliphatic carbocycles. The Labute approximate surface area is 121 Å². The standard InChI is InChI=1S/C16H14ClNO2/c1-16(2)9-8-11-13(20-16)12(14(17)18-15(11)19)10-6-4-3-5-7-10/h3-9H,1-2H3,(H,18,19). The third kappa shape index (κ3) is 2.14. The maximum Gasteiger partial charge on any atom is 0.260 e. The van der Waals surface area contributed by atoms with Crippen molar-refractivity contribution >= 4 is 17.7 Å². The van der Waals surface area contributed by atoms with Crippen molar-refractivity contribution in [3.63, 3.8) is 0 Å². The summed E-state index contributed by atoms with van der Waals surface area (Å²) in [5, 5.41) is 0.297. The molecule has 0 unspecified atom stereocenters. The molecule has 0 saturated carbocycles. The van der Waals surface area contributed by atoms with Crippen LogP contribution in [0.2, 0.25) is 5.15 Å². The van der Waals surface area contributed by atoms with Gasteiger partial charge in [-0.2, -0.15) is 0 Å². The molecule has 4 heteroatoms. The van der Waals surface area contributed by atoms with E-state index in [2.05, 4.69) is 4.98 Å². The van der Waals surface area contributed by atoms with Gasteiger partial charge in [-0.3, -0.25) is 4.79 Å². The lowest BCUT2D eigenvalue weighted by Crippen LogP contribution is -2.30. The third-order valence-corrected chi connectivity index (χ3v) is 3.52. The first-order valence-corrected chi connectivity index (χ1v) is 6.75. The van der Waals surface area contributed by atoms with E-state index in [4.69, 9.17) is 16.3 Å². The van der Waals surface area contributed by atoms with Gasteiger partial charge in [0.15, 0.2) is 0 Å². The Bertz CT molecular complexity index is 745. The monoisotopic (exact) mass is 287 g/mol.